The standard InChI is InChI=1S/C12H15N5O2S/c13-9-11-3-5-12(6-4-11)10-20(18,19)16-8-2-1-7-15-17-14/h3-6,16H,1-2,7-8,10H2. The normalized spacial score (nSPS) is 10.6. The minimum atomic E-state index is -3.38. The Kier molecular flexibility index (Phi) is 6.53. The molecule has 106 valence electrons. The Labute approximate surface area is 117 Å². The van der Waals surface area contributed by atoms with Crippen molar-refractivity contribution in [3.63, 3.8) is 0 Å². The molecule has 1 rings (SSSR count). The molecule has 1 aromatic carbocycles. The second-order valence-corrected chi connectivity index (χ2v) is 5.93. The van der Waals surface area contributed by atoms with Gasteiger partial charge in [0.1, 0.15) is 0 Å². The van der Waals surface area contributed by atoms with Crippen molar-refractivity contribution >= 4 is 10.0 Å². The minimum Gasteiger partial charge on any atom is -0.215 e. The van der Waals surface area contributed by atoms with Gasteiger partial charge in [0, 0.05) is 18.0 Å². The first-order valence-corrected chi connectivity index (χ1v) is 7.70. The summed E-state index contributed by atoms with van der Waals surface area (Å²) in [5.74, 6) is -0.116. The number of nitriles is 1. The number of sulfonamides is 1. The third-order valence-corrected chi connectivity index (χ3v) is 3.87. The Morgan fingerprint density at radius 3 is 2.60 bits per heavy atom. The number of nitrogens with one attached hydrogen (secondary N) is 1. The van der Waals surface area contributed by atoms with Crippen LogP contribution in [0, 0.1) is 11.3 Å². The molecule has 8 heteroatoms. The number of benzene rings is 1. The van der Waals surface area contributed by atoms with Crippen LogP contribution in [0.4, 0.5) is 0 Å². The summed E-state index contributed by atoms with van der Waals surface area (Å²) in [5, 5.41) is 12.0. The van der Waals surface area contributed by atoms with Crippen LogP contribution in [0.5, 0.6) is 0 Å². The van der Waals surface area contributed by atoms with Gasteiger partial charge in [0.05, 0.1) is 17.4 Å². The highest BCUT2D eigenvalue weighted by atomic mass is 32.2. The third-order valence-electron chi connectivity index (χ3n) is 2.51. The molecule has 1 aromatic rings. The van der Waals surface area contributed by atoms with E-state index in [1.54, 1.807) is 24.3 Å². The van der Waals surface area contributed by atoms with E-state index in [1.807, 2.05) is 6.07 Å². The van der Waals surface area contributed by atoms with Crippen LogP contribution in [0.3, 0.4) is 0 Å². The molecule has 7 nitrogen and oxygen atoms in total. The molecule has 0 spiro atoms. The van der Waals surface area contributed by atoms with Gasteiger partial charge in [-0.05, 0) is 36.1 Å². The maximum Gasteiger partial charge on any atom is 0.215 e. The number of unbranched alkanes of at least 4 members (excludes halogenated alkanes) is 1. The lowest BCUT2D eigenvalue weighted by Gasteiger charge is -2.06. The summed E-state index contributed by atoms with van der Waals surface area (Å²) in [7, 11) is -3.38. The number of azide groups is 1. The van der Waals surface area contributed by atoms with E-state index in [4.69, 9.17) is 10.8 Å². The van der Waals surface area contributed by atoms with Crippen LogP contribution in [0.25, 0.3) is 10.4 Å². The predicted octanol–water partition coefficient (Wildman–Crippen LogP) is 2.07. The Hall–Kier alpha value is -2.07. The van der Waals surface area contributed by atoms with Crippen molar-refractivity contribution in [3.05, 3.63) is 45.8 Å². The molecule has 0 aliphatic heterocycles. The summed E-state index contributed by atoms with van der Waals surface area (Å²) in [6, 6.07) is 8.40. The summed E-state index contributed by atoms with van der Waals surface area (Å²) < 4.78 is 26.1. The average Bonchev–Trinajstić information content (AvgIpc) is 2.43. The molecular formula is C12H15N5O2S. The van der Waals surface area contributed by atoms with Crippen molar-refractivity contribution in [3.8, 4) is 6.07 Å². The van der Waals surface area contributed by atoms with E-state index in [1.165, 1.54) is 0 Å². The second kappa shape index (κ2) is 8.17. The second-order valence-electron chi connectivity index (χ2n) is 4.12. The lowest BCUT2D eigenvalue weighted by atomic mass is 10.2. The molecule has 0 aromatic heterocycles. The topological polar surface area (TPSA) is 119 Å². The zero-order valence-electron chi connectivity index (χ0n) is 10.9. The molecule has 0 fully saturated rings. The maximum atomic E-state index is 11.8. The van der Waals surface area contributed by atoms with Crippen LogP contribution in [-0.2, 0) is 15.8 Å². The summed E-state index contributed by atoms with van der Waals surface area (Å²) in [5.41, 5.74) is 9.21. The van der Waals surface area contributed by atoms with Gasteiger partial charge in [-0.1, -0.05) is 17.2 Å². The van der Waals surface area contributed by atoms with Crippen LogP contribution in [-0.4, -0.2) is 21.5 Å². The van der Waals surface area contributed by atoms with Gasteiger partial charge in [-0.15, -0.1) is 0 Å². The largest absolute Gasteiger partial charge is 0.215 e. The summed E-state index contributed by atoms with van der Waals surface area (Å²) >= 11 is 0. The quantitative estimate of drug-likeness (QED) is 0.342. The van der Waals surface area contributed by atoms with Gasteiger partial charge in [0.2, 0.25) is 10.0 Å². The van der Waals surface area contributed by atoms with Crippen LogP contribution in [0.2, 0.25) is 0 Å². The summed E-state index contributed by atoms with van der Waals surface area (Å²) in [6.07, 6.45) is 1.26. The zero-order chi connectivity index (χ0) is 14.8. The SMILES string of the molecule is N#Cc1ccc(CS(=O)(=O)NCCCCN=[N+]=[N-])cc1. The molecular weight excluding hydrogens is 278 g/mol. The minimum absolute atomic E-state index is 0.116. The highest BCUT2D eigenvalue weighted by molar-refractivity contribution is 7.88. The number of hydrogen-bond acceptors (Lipinski definition) is 4. The molecule has 0 radical (unpaired) electrons. The van der Waals surface area contributed by atoms with Crippen LogP contribution >= 0.6 is 0 Å². The number of nitrogens with zero attached hydrogens (tertiary/aromatic N) is 4. The van der Waals surface area contributed by atoms with E-state index < -0.39 is 10.0 Å². The van der Waals surface area contributed by atoms with Crippen molar-refractivity contribution in [1.82, 2.24) is 4.72 Å². The fourth-order valence-electron chi connectivity index (χ4n) is 1.53. The zero-order valence-corrected chi connectivity index (χ0v) is 11.7. The molecule has 0 aliphatic carbocycles. The van der Waals surface area contributed by atoms with Gasteiger partial charge >= 0.3 is 0 Å². The first-order valence-electron chi connectivity index (χ1n) is 6.04. The van der Waals surface area contributed by atoms with Crippen molar-refractivity contribution < 1.29 is 8.42 Å². The van der Waals surface area contributed by atoms with Gasteiger partial charge in [-0.25, -0.2) is 13.1 Å². The molecule has 0 bridgehead atoms. The molecule has 0 saturated carbocycles. The third kappa shape index (κ3) is 6.20. The van der Waals surface area contributed by atoms with Gasteiger partial charge in [-0.3, -0.25) is 0 Å². The van der Waals surface area contributed by atoms with Crippen LogP contribution in [0.15, 0.2) is 29.4 Å². The van der Waals surface area contributed by atoms with E-state index in [0.29, 0.717) is 37.1 Å². The highest BCUT2D eigenvalue weighted by Crippen LogP contribution is 2.07. The molecule has 0 atom stereocenters. The van der Waals surface area contributed by atoms with Gasteiger partial charge in [0.25, 0.3) is 0 Å². The van der Waals surface area contributed by atoms with E-state index >= 15 is 0 Å². The van der Waals surface area contributed by atoms with E-state index in [-0.39, 0.29) is 5.75 Å². The summed E-state index contributed by atoms with van der Waals surface area (Å²) in [4.78, 5) is 2.62. The smallest absolute Gasteiger partial charge is 0.215 e. The first kappa shape index (κ1) is 16.0. The van der Waals surface area contributed by atoms with Crippen molar-refractivity contribution in [1.29, 1.82) is 5.26 Å². The fourth-order valence-corrected chi connectivity index (χ4v) is 2.71. The lowest BCUT2D eigenvalue weighted by molar-refractivity contribution is 0.576. The molecule has 0 saturated heterocycles. The maximum absolute atomic E-state index is 11.8. The van der Waals surface area contributed by atoms with Crippen LogP contribution < -0.4 is 4.72 Å². The van der Waals surface area contributed by atoms with E-state index in [0.717, 1.165) is 0 Å². The van der Waals surface area contributed by atoms with Crippen LogP contribution in [0.1, 0.15) is 24.0 Å². The Morgan fingerprint density at radius 2 is 2.00 bits per heavy atom. The molecule has 0 amide bonds. The molecule has 0 aliphatic rings. The van der Waals surface area contributed by atoms with E-state index in [2.05, 4.69) is 14.7 Å². The molecule has 0 heterocycles. The van der Waals surface area contributed by atoms with Gasteiger partial charge in [-0.2, -0.15) is 5.26 Å². The predicted molar refractivity (Wildman–Crippen MR) is 75.0 cm³/mol. The van der Waals surface area contributed by atoms with E-state index in [9.17, 15) is 8.42 Å². The molecule has 0 unspecified atom stereocenters. The van der Waals surface area contributed by atoms with Crippen molar-refractivity contribution in [2.24, 2.45) is 5.11 Å². The molecule has 1 N–H and O–H groups in total. The van der Waals surface area contributed by atoms with Crippen molar-refractivity contribution in [2.75, 3.05) is 13.1 Å². The monoisotopic (exact) mass is 293 g/mol. The summed E-state index contributed by atoms with van der Waals surface area (Å²) in [6.45, 7) is 0.688. The van der Waals surface area contributed by atoms with Gasteiger partial charge < -0.3 is 0 Å². The Balaban J connectivity index is 2.40. The van der Waals surface area contributed by atoms with Gasteiger partial charge in [0.15, 0.2) is 0 Å². The van der Waals surface area contributed by atoms with Crippen molar-refractivity contribution in [2.45, 2.75) is 18.6 Å². The first-order chi connectivity index (χ1) is 9.57. The number of rotatable bonds is 8. The average molecular weight is 293 g/mol. The number of hydrogen-bond donors (Lipinski definition) is 1. The fraction of sp³-hybridized carbons (Fsp3) is 0.417. The highest BCUT2D eigenvalue weighted by Gasteiger charge is 2.10. The Bertz CT molecular complexity index is 612. The molecule has 20 heavy (non-hydrogen) atoms. The lowest BCUT2D eigenvalue weighted by Crippen LogP contribution is -2.26. The Morgan fingerprint density at radius 1 is 1.30 bits per heavy atom.